The Morgan fingerprint density at radius 1 is 0.842 bits per heavy atom. The Bertz CT molecular complexity index is 1590. The van der Waals surface area contributed by atoms with Gasteiger partial charge >= 0.3 is 5.97 Å². The van der Waals surface area contributed by atoms with E-state index in [0.29, 0.717) is 28.5 Å². The van der Waals surface area contributed by atoms with Gasteiger partial charge in [0.1, 0.15) is 0 Å². The van der Waals surface area contributed by atoms with Gasteiger partial charge in [0, 0.05) is 17.4 Å². The van der Waals surface area contributed by atoms with Crippen LogP contribution >= 0.6 is 11.3 Å². The fourth-order valence-electron chi connectivity index (χ4n) is 3.77. The summed E-state index contributed by atoms with van der Waals surface area (Å²) in [6, 6.07) is 25.9. The van der Waals surface area contributed by atoms with Crippen LogP contribution < -0.4 is 10.4 Å². The van der Waals surface area contributed by atoms with Gasteiger partial charge in [0.05, 0.1) is 32.5 Å². The van der Waals surface area contributed by atoms with Gasteiger partial charge in [-0.15, -0.1) is 16.4 Å². The van der Waals surface area contributed by atoms with Crippen molar-refractivity contribution in [2.45, 2.75) is 13.8 Å². The van der Waals surface area contributed by atoms with Crippen LogP contribution in [0.15, 0.2) is 97.2 Å². The molecule has 9 heteroatoms. The van der Waals surface area contributed by atoms with Crippen molar-refractivity contribution in [3.8, 4) is 10.6 Å². The quantitative estimate of drug-likeness (QED) is 0.259. The van der Waals surface area contributed by atoms with E-state index in [1.54, 1.807) is 90.3 Å². The van der Waals surface area contributed by atoms with Gasteiger partial charge in [-0.1, -0.05) is 42.5 Å². The molecule has 0 unspecified atom stereocenters. The second kappa shape index (κ2) is 11.0. The van der Waals surface area contributed by atoms with Crippen LogP contribution in [-0.2, 0) is 4.84 Å². The van der Waals surface area contributed by atoms with Crippen molar-refractivity contribution >= 4 is 40.5 Å². The fourth-order valence-corrected chi connectivity index (χ4v) is 4.66. The number of benzene rings is 3. The number of amides is 1. The van der Waals surface area contributed by atoms with Crippen LogP contribution in [0.2, 0.25) is 0 Å². The predicted molar refractivity (Wildman–Crippen MR) is 147 cm³/mol. The Labute approximate surface area is 223 Å². The smallest absolute Gasteiger partial charge is 0.327 e. The average molecular weight is 522 g/mol. The van der Waals surface area contributed by atoms with Crippen molar-refractivity contribution in [2.75, 3.05) is 10.4 Å². The number of aryl methyl sites for hydroxylation is 2. The molecule has 1 N–H and O–H groups in total. The van der Waals surface area contributed by atoms with Crippen LogP contribution in [0.4, 0.5) is 17.3 Å². The lowest BCUT2D eigenvalue weighted by atomic mass is 10.2. The molecule has 0 saturated heterocycles. The molecule has 0 aliphatic rings. The molecule has 5 aromatic rings. The maximum Gasteiger partial charge on any atom is 0.363 e. The van der Waals surface area contributed by atoms with E-state index in [9.17, 15) is 9.59 Å². The van der Waals surface area contributed by atoms with Gasteiger partial charge in [-0.25, -0.2) is 19.7 Å². The summed E-state index contributed by atoms with van der Waals surface area (Å²) in [6.45, 7) is 3.91. The molecule has 5 rings (SSSR count). The van der Waals surface area contributed by atoms with Gasteiger partial charge in [-0.05, 0) is 62.4 Å². The van der Waals surface area contributed by atoms with Gasteiger partial charge in [0.25, 0.3) is 5.91 Å². The van der Waals surface area contributed by atoms with Gasteiger partial charge < -0.3 is 10.2 Å². The van der Waals surface area contributed by atoms with Crippen molar-refractivity contribution in [1.82, 2.24) is 15.0 Å². The number of thiazole rings is 1. The largest absolute Gasteiger partial charge is 0.363 e. The molecule has 2 heterocycles. The van der Waals surface area contributed by atoms with Gasteiger partial charge in [-0.2, -0.15) is 0 Å². The minimum Gasteiger partial charge on any atom is -0.327 e. The maximum absolute atomic E-state index is 13.4. The van der Waals surface area contributed by atoms with Crippen molar-refractivity contribution in [3.05, 3.63) is 119 Å². The summed E-state index contributed by atoms with van der Waals surface area (Å²) in [6.07, 6.45) is 1.68. The third-order valence-corrected chi connectivity index (χ3v) is 6.61. The Morgan fingerprint density at radius 3 is 2.24 bits per heavy atom. The second-order valence-corrected chi connectivity index (χ2v) is 9.50. The van der Waals surface area contributed by atoms with Crippen LogP contribution in [0.3, 0.4) is 0 Å². The first-order valence-corrected chi connectivity index (χ1v) is 12.6. The van der Waals surface area contributed by atoms with Crippen LogP contribution in [0.1, 0.15) is 31.4 Å². The number of carbonyl (C=O) groups excluding carboxylic acids is 2. The molecule has 3 aromatic carbocycles. The number of carbonyl (C=O) groups is 2. The zero-order valence-electron chi connectivity index (χ0n) is 20.7. The highest BCUT2D eigenvalue weighted by atomic mass is 32.1. The summed E-state index contributed by atoms with van der Waals surface area (Å²) >= 11 is 1.57. The molecule has 1 amide bonds. The highest BCUT2D eigenvalue weighted by Crippen LogP contribution is 2.29. The summed E-state index contributed by atoms with van der Waals surface area (Å²) < 4.78 is 0. The van der Waals surface area contributed by atoms with Crippen molar-refractivity contribution in [1.29, 1.82) is 0 Å². The van der Waals surface area contributed by atoms with E-state index in [0.717, 1.165) is 26.3 Å². The van der Waals surface area contributed by atoms with E-state index in [1.807, 2.05) is 32.0 Å². The van der Waals surface area contributed by atoms with Crippen LogP contribution in [0, 0.1) is 13.8 Å². The van der Waals surface area contributed by atoms with Gasteiger partial charge in [0.15, 0.2) is 0 Å². The molecule has 0 spiro atoms. The lowest BCUT2D eigenvalue weighted by Gasteiger charge is -2.22. The first kappa shape index (κ1) is 24.8. The number of anilines is 3. The normalized spacial score (nSPS) is 10.6. The summed E-state index contributed by atoms with van der Waals surface area (Å²) in [4.78, 5) is 46.4. The summed E-state index contributed by atoms with van der Waals surface area (Å²) in [5.74, 6) is -0.756. The Hall–Kier alpha value is -4.89. The lowest BCUT2D eigenvalue weighted by molar-refractivity contribution is 0.0409. The summed E-state index contributed by atoms with van der Waals surface area (Å²) in [5, 5.41) is 5.14. The van der Waals surface area contributed by atoms with E-state index in [-0.39, 0.29) is 0 Å². The SMILES string of the molecule is Cc1nc(C)c(-c2ccnc(Nc3cccc(N(OC(=O)c4ccccc4)C(=O)c4ccccc4)c3)n2)s1. The van der Waals surface area contributed by atoms with Crippen molar-refractivity contribution in [3.63, 3.8) is 0 Å². The van der Waals surface area contributed by atoms with E-state index in [4.69, 9.17) is 4.84 Å². The molecule has 0 aliphatic carbocycles. The minimum atomic E-state index is -0.653. The summed E-state index contributed by atoms with van der Waals surface area (Å²) in [5.41, 5.74) is 3.34. The number of rotatable bonds is 6. The number of nitrogens with zero attached hydrogens (tertiary/aromatic N) is 4. The minimum absolute atomic E-state index is 0.325. The zero-order valence-corrected chi connectivity index (χ0v) is 21.5. The van der Waals surface area contributed by atoms with E-state index in [1.165, 1.54) is 0 Å². The van der Waals surface area contributed by atoms with E-state index in [2.05, 4.69) is 20.3 Å². The fraction of sp³-hybridized carbons (Fsp3) is 0.0690. The molecule has 0 bridgehead atoms. The number of hydrogen-bond donors (Lipinski definition) is 1. The molecule has 0 aliphatic heterocycles. The third kappa shape index (κ3) is 5.58. The first-order valence-electron chi connectivity index (χ1n) is 11.8. The number of hydroxylamine groups is 1. The predicted octanol–water partition coefficient (Wildman–Crippen LogP) is 6.38. The van der Waals surface area contributed by atoms with Crippen molar-refractivity contribution in [2.24, 2.45) is 0 Å². The highest BCUT2D eigenvalue weighted by molar-refractivity contribution is 7.15. The van der Waals surface area contributed by atoms with E-state index < -0.39 is 11.9 Å². The molecule has 8 nitrogen and oxygen atoms in total. The van der Waals surface area contributed by atoms with Crippen LogP contribution in [0.5, 0.6) is 0 Å². The molecule has 0 radical (unpaired) electrons. The second-order valence-electron chi connectivity index (χ2n) is 8.30. The number of hydrogen-bond acceptors (Lipinski definition) is 8. The Morgan fingerprint density at radius 2 is 1.55 bits per heavy atom. The first-order chi connectivity index (χ1) is 18.5. The zero-order chi connectivity index (χ0) is 26.5. The van der Waals surface area contributed by atoms with Crippen molar-refractivity contribution < 1.29 is 14.4 Å². The third-order valence-electron chi connectivity index (χ3n) is 5.52. The Kier molecular flexibility index (Phi) is 7.19. The van der Waals surface area contributed by atoms with Gasteiger partial charge in [-0.3, -0.25) is 4.79 Å². The highest BCUT2D eigenvalue weighted by Gasteiger charge is 2.24. The monoisotopic (exact) mass is 521 g/mol. The molecule has 2 aromatic heterocycles. The molecule has 188 valence electrons. The lowest BCUT2D eigenvalue weighted by Crippen LogP contribution is -2.33. The molecule has 0 atom stereocenters. The molecule has 0 fully saturated rings. The van der Waals surface area contributed by atoms with E-state index >= 15 is 0 Å². The molecular formula is C29H23N5O3S. The topological polar surface area (TPSA) is 97.3 Å². The number of nitrogens with one attached hydrogen (secondary N) is 1. The maximum atomic E-state index is 13.4. The number of aromatic nitrogens is 3. The molecular weight excluding hydrogens is 498 g/mol. The van der Waals surface area contributed by atoms with Gasteiger partial charge in [0.2, 0.25) is 5.95 Å². The Balaban J connectivity index is 1.44. The average Bonchev–Trinajstić information content (AvgIpc) is 3.30. The standard InChI is InChI=1S/C29H23N5O3S/c1-19-26(38-20(2)31-19)25-16-17-30-29(33-25)32-23-14-9-15-24(18-23)34(27(35)21-10-5-3-6-11-21)37-28(36)22-12-7-4-8-13-22/h3-18H,1-2H3,(H,30,32,33). The summed E-state index contributed by atoms with van der Waals surface area (Å²) in [7, 11) is 0. The van der Waals surface area contributed by atoms with Crippen LogP contribution in [0.25, 0.3) is 10.6 Å². The molecule has 0 saturated carbocycles. The molecule has 38 heavy (non-hydrogen) atoms. The van der Waals surface area contributed by atoms with Crippen LogP contribution in [-0.4, -0.2) is 26.8 Å².